The molecule has 0 unspecified atom stereocenters. The zero-order valence-corrected chi connectivity index (χ0v) is 12.2. The number of hydrogen-bond donors (Lipinski definition) is 1. The maximum atomic E-state index is 6.36. The Labute approximate surface area is 124 Å². The smallest absolute Gasteiger partial charge is 0.128 e. The van der Waals surface area contributed by atoms with Crippen molar-refractivity contribution >= 4 is 11.6 Å². The Morgan fingerprint density at radius 1 is 1.20 bits per heavy atom. The van der Waals surface area contributed by atoms with Crippen LogP contribution in [0.2, 0.25) is 5.15 Å². The van der Waals surface area contributed by atoms with Crippen molar-refractivity contribution < 1.29 is 0 Å². The molecule has 2 aliphatic heterocycles. The van der Waals surface area contributed by atoms with E-state index < -0.39 is 0 Å². The van der Waals surface area contributed by atoms with Gasteiger partial charge in [-0.15, -0.1) is 0 Å². The molecule has 1 spiro atoms. The van der Waals surface area contributed by atoms with Gasteiger partial charge < -0.3 is 9.88 Å². The Kier molecular flexibility index (Phi) is 2.86. The van der Waals surface area contributed by atoms with Gasteiger partial charge in [-0.2, -0.15) is 0 Å². The van der Waals surface area contributed by atoms with Crippen LogP contribution in [0.25, 0.3) is 0 Å². The maximum Gasteiger partial charge on any atom is 0.128 e. The monoisotopic (exact) mass is 287 g/mol. The van der Waals surface area contributed by atoms with E-state index in [0.717, 1.165) is 49.9 Å². The van der Waals surface area contributed by atoms with E-state index in [-0.39, 0.29) is 5.41 Å². The number of nitrogens with zero attached hydrogens (tertiary/aromatic N) is 2. The molecule has 1 saturated heterocycles. The predicted molar refractivity (Wildman–Crippen MR) is 80.3 cm³/mol. The summed E-state index contributed by atoms with van der Waals surface area (Å²) in [5.41, 5.74) is 2.95. The van der Waals surface area contributed by atoms with Gasteiger partial charge in [-0.25, -0.2) is 4.98 Å². The van der Waals surface area contributed by atoms with Crippen molar-refractivity contribution in [1.82, 2.24) is 14.9 Å². The van der Waals surface area contributed by atoms with Crippen LogP contribution in [-0.2, 0) is 18.4 Å². The maximum absolute atomic E-state index is 6.36. The second kappa shape index (κ2) is 4.61. The second-order valence-corrected chi connectivity index (χ2v) is 6.18. The molecule has 2 aromatic rings. The van der Waals surface area contributed by atoms with Crippen molar-refractivity contribution in [3.8, 4) is 0 Å². The Balaban J connectivity index is 1.98. The van der Waals surface area contributed by atoms with Crippen molar-refractivity contribution in [2.24, 2.45) is 0 Å². The minimum absolute atomic E-state index is 0.0332. The molecule has 4 rings (SSSR count). The molecule has 0 aliphatic carbocycles. The number of rotatable bonds is 0. The van der Waals surface area contributed by atoms with E-state index in [1.165, 1.54) is 11.1 Å². The van der Waals surface area contributed by atoms with Gasteiger partial charge in [-0.05, 0) is 43.5 Å². The molecule has 0 amide bonds. The van der Waals surface area contributed by atoms with Crippen molar-refractivity contribution in [3.63, 3.8) is 0 Å². The molecule has 20 heavy (non-hydrogen) atoms. The number of aromatic nitrogens is 2. The molecule has 104 valence electrons. The standard InChI is InChI=1S/C16H18ClN3/c17-14-11-19-15-16(6-8-18-9-7-16)13-4-2-1-3-12(13)5-10-20(14)15/h1-4,11,18H,5-10H2. The topological polar surface area (TPSA) is 29.9 Å². The number of fused-ring (bicyclic) bond motifs is 4. The van der Waals surface area contributed by atoms with Gasteiger partial charge in [0.15, 0.2) is 0 Å². The summed E-state index contributed by atoms with van der Waals surface area (Å²) in [7, 11) is 0. The normalized spacial score (nSPS) is 20.2. The lowest BCUT2D eigenvalue weighted by atomic mass is 9.71. The minimum Gasteiger partial charge on any atom is -0.318 e. The highest BCUT2D eigenvalue weighted by Gasteiger charge is 2.42. The summed E-state index contributed by atoms with van der Waals surface area (Å²) in [6, 6.07) is 8.85. The first-order valence-electron chi connectivity index (χ1n) is 7.32. The molecule has 1 fully saturated rings. The molecule has 0 atom stereocenters. The fraction of sp³-hybridized carbons (Fsp3) is 0.438. The van der Waals surface area contributed by atoms with Gasteiger partial charge in [0.05, 0.1) is 11.6 Å². The number of hydrogen-bond acceptors (Lipinski definition) is 2. The zero-order chi connectivity index (χ0) is 13.6. The number of nitrogens with one attached hydrogen (secondary N) is 1. The van der Waals surface area contributed by atoms with E-state index >= 15 is 0 Å². The van der Waals surface area contributed by atoms with Crippen LogP contribution in [0, 0.1) is 0 Å². The summed E-state index contributed by atoms with van der Waals surface area (Å²) < 4.78 is 2.22. The summed E-state index contributed by atoms with van der Waals surface area (Å²) in [5, 5.41) is 4.24. The first kappa shape index (κ1) is 12.4. The third-order valence-electron chi connectivity index (χ3n) is 4.83. The van der Waals surface area contributed by atoms with Crippen LogP contribution in [0.15, 0.2) is 30.5 Å². The van der Waals surface area contributed by atoms with E-state index in [1.807, 2.05) is 6.20 Å². The molecule has 4 heteroatoms. The Bertz CT molecular complexity index is 641. The van der Waals surface area contributed by atoms with Gasteiger partial charge in [0.25, 0.3) is 0 Å². The first-order chi connectivity index (χ1) is 9.81. The van der Waals surface area contributed by atoms with Gasteiger partial charge >= 0.3 is 0 Å². The summed E-state index contributed by atoms with van der Waals surface area (Å²) in [5.74, 6) is 1.16. The summed E-state index contributed by atoms with van der Waals surface area (Å²) in [6.07, 6.45) is 5.04. The number of benzene rings is 1. The third kappa shape index (κ3) is 1.66. The summed E-state index contributed by atoms with van der Waals surface area (Å²) >= 11 is 6.36. The quantitative estimate of drug-likeness (QED) is 0.807. The van der Waals surface area contributed by atoms with Crippen LogP contribution in [0.3, 0.4) is 0 Å². The first-order valence-corrected chi connectivity index (χ1v) is 7.70. The Morgan fingerprint density at radius 2 is 2.00 bits per heavy atom. The van der Waals surface area contributed by atoms with E-state index in [1.54, 1.807) is 0 Å². The summed E-state index contributed by atoms with van der Waals surface area (Å²) in [6.45, 7) is 3.01. The molecular weight excluding hydrogens is 270 g/mol. The number of piperidine rings is 1. The van der Waals surface area contributed by atoms with E-state index in [9.17, 15) is 0 Å². The number of halogens is 1. The average Bonchev–Trinajstić information content (AvgIpc) is 2.81. The molecular formula is C16H18ClN3. The second-order valence-electron chi connectivity index (χ2n) is 5.80. The van der Waals surface area contributed by atoms with E-state index in [4.69, 9.17) is 16.6 Å². The van der Waals surface area contributed by atoms with Crippen LogP contribution < -0.4 is 5.32 Å². The molecule has 0 saturated carbocycles. The minimum atomic E-state index is 0.0332. The van der Waals surface area contributed by atoms with Crippen LogP contribution in [0.1, 0.15) is 29.8 Å². The fourth-order valence-corrected chi connectivity index (χ4v) is 4.07. The van der Waals surface area contributed by atoms with Crippen molar-refractivity contribution in [2.75, 3.05) is 13.1 Å². The lowest BCUT2D eigenvalue weighted by molar-refractivity contribution is 0.339. The predicted octanol–water partition coefficient (Wildman–Crippen LogP) is 2.76. The Morgan fingerprint density at radius 3 is 2.85 bits per heavy atom. The molecule has 1 aromatic carbocycles. The highest BCUT2D eigenvalue weighted by Crippen LogP contribution is 2.43. The van der Waals surface area contributed by atoms with E-state index in [2.05, 4.69) is 34.1 Å². The number of imidazole rings is 1. The van der Waals surface area contributed by atoms with Gasteiger partial charge in [0.2, 0.25) is 0 Å². The largest absolute Gasteiger partial charge is 0.318 e. The fourth-order valence-electron chi connectivity index (χ4n) is 3.85. The van der Waals surface area contributed by atoms with Crippen molar-refractivity contribution in [3.05, 3.63) is 52.6 Å². The molecule has 1 N–H and O–H groups in total. The molecule has 2 aliphatic rings. The number of aryl methyl sites for hydroxylation is 1. The SMILES string of the molecule is Clc1cnc2n1CCc1ccccc1C21CCNCC1. The summed E-state index contributed by atoms with van der Waals surface area (Å²) in [4.78, 5) is 4.70. The Hall–Kier alpha value is -1.32. The third-order valence-corrected chi connectivity index (χ3v) is 5.13. The van der Waals surface area contributed by atoms with Crippen molar-refractivity contribution in [1.29, 1.82) is 0 Å². The van der Waals surface area contributed by atoms with Gasteiger partial charge in [-0.1, -0.05) is 35.9 Å². The van der Waals surface area contributed by atoms with E-state index in [0.29, 0.717) is 0 Å². The van der Waals surface area contributed by atoms with Crippen LogP contribution in [-0.4, -0.2) is 22.6 Å². The molecule has 0 bridgehead atoms. The highest BCUT2D eigenvalue weighted by atomic mass is 35.5. The van der Waals surface area contributed by atoms with Crippen LogP contribution in [0.5, 0.6) is 0 Å². The van der Waals surface area contributed by atoms with Crippen LogP contribution >= 0.6 is 11.6 Å². The lowest BCUT2D eigenvalue weighted by Crippen LogP contribution is -2.42. The molecule has 3 nitrogen and oxygen atoms in total. The van der Waals surface area contributed by atoms with Crippen LogP contribution in [0.4, 0.5) is 0 Å². The zero-order valence-electron chi connectivity index (χ0n) is 11.4. The molecule has 3 heterocycles. The average molecular weight is 288 g/mol. The molecule has 1 aromatic heterocycles. The van der Waals surface area contributed by atoms with Gasteiger partial charge in [-0.3, -0.25) is 0 Å². The highest BCUT2D eigenvalue weighted by molar-refractivity contribution is 6.29. The van der Waals surface area contributed by atoms with Crippen molar-refractivity contribution in [2.45, 2.75) is 31.2 Å². The lowest BCUT2D eigenvalue weighted by Gasteiger charge is -2.37. The van der Waals surface area contributed by atoms with Gasteiger partial charge in [0.1, 0.15) is 11.0 Å². The molecule has 0 radical (unpaired) electrons. The van der Waals surface area contributed by atoms with Gasteiger partial charge in [0, 0.05) is 6.54 Å².